The van der Waals surface area contributed by atoms with Gasteiger partial charge >= 0.3 is 0 Å². The molecule has 142 valence electrons. The van der Waals surface area contributed by atoms with Gasteiger partial charge in [0.15, 0.2) is 0 Å². The molecule has 2 aromatic rings. The molecule has 1 amide bonds. The van der Waals surface area contributed by atoms with Crippen LogP contribution in [0, 0.1) is 6.92 Å². The van der Waals surface area contributed by atoms with Crippen LogP contribution in [-0.4, -0.2) is 59.5 Å². The van der Waals surface area contributed by atoms with E-state index in [1.54, 1.807) is 0 Å². The van der Waals surface area contributed by atoms with Crippen LogP contribution in [0.15, 0.2) is 48.7 Å². The van der Waals surface area contributed by atoms with E-state index in [9.17, 15) is 4.79 Å². The molecule has 0 unspecified atom stereocenters. The number of hydrogen-bond donors (Lipinski definition) is 0. The first-order chi connectivity index (χ1) is 13.2. The van der Waals surface area contributed by atoms with Crippen LogP contribution in [0.4, 0.5) is 5.82 Å². The van der Waals surface area contributed by atoms with E-state index in [1.165, 1.54) is 24.0 Å². The minimum atomic E-state index is 0.259. The van der Waals surface area contributed by atoms with Gasteiger partial charge in [-0.15, -0.1) is 0 Å². The second kappa shape index (κ2) is 8.09. The van der Waals surface area contributed by atoms with Gasteiger partial charge in [0.05, 0.1) is 6.54 Å². The van der Waals surface area contributed by atoms with Crippen LogP contribution in [0.25, 0.3) is 0 Å². The molecule has 1 aliphatic heterocycles. The van der Waals surface area contributed by atoms with E-state index in [-0.39, 0.29) is 5.91 Å². The predicted octanol–water partition coefficient (Wildman–Crippen LogP) is 2.70. The minimum Gasteiger partial charge on any atom is -0.353 e. The van der Waals surface area contributed by atoms with Crippen molar-refractivity contribution in [1.29, 1.82) is 0 Å². The summed E-state index contributed by atoms with van der Waals surface area (Å²) >= 11 is 0. The quantitative estimate of drug-likeness (QED) is 0.790. The molecule has 0 N–H and O–H groups in total. The summed E-state index contributed by atoms with van der Waals surface area (Å²) in [6, 6.07) is 15.2. The van der Waals surface area contributed by atoms with Gasteiger partial charge in [-0.3, -0.25) is 9.69 Å². The van der Waals surface area contributed by atoms with Crippen molar-refractivity contribution in [3.63, 3.8) is 0 Å². The monoisotopic (exact) mass is 364 g/mol. The predicted molar refractivity (Wildman–Crippen MR) is 108 cm³/mol. The lowest BCUT2D eigenvalue weighted by Gasteiger charge is -2.36. The average molecular weight is 364 g/mol. The normalized spacial score (nSPS) is 17.4. The third-order valence-corrected chi connectivity index (χ3v) is 5.51. The van der Waals surface area contributed by atoms with Crippen LogP contribution < -0.4 is 4.90 Å². The fraction of sp³-hybridized carbons (Fsp3) is 0.455. The van der Waals surface area contributed by atoms with E-state index in [2.05, 4.69) is 46.0 Å². The molecule has 0 bridgehead atoms. The van der Waals surface area contributed by atoms with Gasteiger partial charge in [-0.1, -0.05) is 35.9 Å². The van der Waals surface area contributed by atoms with Crippen molar-refractivity contribution in [1.82, 2.24) is 14.8 Å². The number of carbonyl (C=O) groups excluding carboxylic acids is 1. The Morgan fingerprint density at radius 3 is 2.44 bits per heavy atom. The van der Waals surface area contributed by atoms with Crippen LogP contribution in [-0.2, 0) is 11.3 Å². The number of hydrogen-bond acceptors (Lipinski definition) is 4. The van der Waals surface area contributed by atoms with E-state index in [4.69, 9.17) is 0 Å². The molecule has 1 aliphatic carbocycles. The lowest BCUT2D eigenvalue weighted by molar-refractivity contribution is -0.133. The molecular formula is C22H28N4O. The third-order valence-electron chi connectivity index (χ3n) is 5.51. The number of anilines is 1. The van der Waals surface area contributed by atoms with E-state index >= 15 is 0 Å². The highest BCUT2D eigenvalue weighted by atomic mass is 16.2. The number of carbonyl (C=O) groups is 1. The largest absolute Gasteiger partial charge is 0.353 e. The summed E-state index contributed by atoms with van der Waals surface area (Å²) in [5.41, 5.74) is 2.57. The second-order valence-corrected chi connectivity index (χ2v) is 7.68. The van der Waals surface area contributed by atoms with Crippen LogP contribution in [0.3, 0.4) is 0 Å². The number of nitrogens with zero attached hydrogens (tertiary/aromatic N) is 4. The van der Waals surface area contributed by atoms with Crippen LogP contribution >= 0.6 is 0 Å². The van der Waals surface area contributed by atoms with Crippen molar-refractivity contribution >= 4 is 11.7 Å². The molecule has 2 aliphatic rings. The number of aromatic nitrogens is 1. The Morgan fingerprint density at radius 2 is 1.81 bits per heavy atom. The number of rotatable bonds is 6. The number of benzene rings is 1. The molecule has 1 saturated carbocycles. The summed E-state index contributed by atoms with van der Waals surface area (Å²) in [7, 11) is 0. The Kier molecular flexibility index (Phi) is 5.39. The van der Waals surface area contributed by atoms with Gasteiger partial charge in [0.1, 0.15) is 5.82 Å². The van der Waals surface area contributed by atoms with E-state index in [0.29, 0.717) is 12.6 Å². The summed E-state index contributed by atoms with van der Waals surface area (Å²) < 4.78 is 0. The van der Waals surface area contributed by atoms with Crippen molar-refractivity contribution in [2.45, 2.75) is 32.4 Å². The van der Waals surface area contributed by atoms with E-state index in [1.807, 2.05) is 29.3 Å². The first kappa shape index (κ1) is 18.0. The first-order valence-electron chi connectivity index (χ1n) is 9.92. The maximum absolute atomic E-state index is 12.9. The zero-order valence-corrected chi connectivity index (χ0v) is 16.1. The summed E-state index contributed by atoms with van der Waals surface area (Å²) in [5, 5.41) is 0. The second-order valence-electron chi connectivity index (χ2n) is 7.68. The highest BCUT2D eigenvalue weighted by molar-refractivity contribution is 5.78. The maximum atomic E-state index is 12.9. The standard InChI is InChI=1S/C22H28N4O/c1-18-5-7-19(8-6-18)16-26(20-9-10-20)17-22(27)25-14-12-24(13-15-25)21-4-2-3-11-23-21/h2-8,11,20H,9-10,12-17H2,1H3. The molecule has 27 heavy (non-hydrogen) atoms. The van der Waals surface area contributed by atoms with Gasteiger partial charge in [0.25, 0.3) is 0 Å². The summed E-state index contributed by atoms with van der Waals surface area (Å²) in [4.78, 5) is 23.9. The fourth-order valence-corrected chi connectivity index (χ4v) is 3.68. The number of aryl methyl sites for hydroxylation is 1. The molecule has 4 rings (SSSR count). The Bertz CT molecular complexity index is 750. The highest BCUT2D eigenvalue weighted by Crippen LogP contribution is 2.28. The zero-order chi connectivity index (χ0) is 18.6. The molecule has 1 aromatic carbocycles. The van der Waals surface area contributed by atoms with Crippen LogP contribution in [0.5, 0.6) is 0 Å². The SMILES string of the molecule is Cc1ccc(CN(CC(=O)N2CCN(c3ccccn3)CC2)C2CC2)cc1. The van der Waals surface area contributed by atoms with Crippen LogP contribution in [0.2, 0.25) is 0 Å². The fourth-order valence-electron chi connectivity index (χ4n) is 3.68. The summed E-state index contributed by atoms with van der Waals surface area (Å²) in [6.45, 7) is 6.76. The molecule has 5 nitrogen and oxygen atoms in total. The zero-order valence-electron chi connectivity index (χ0n) is 16.1. The number of pyridine rings is 1. The third kappa shape index (κ3) is 4.66. The van der Waals surface area contributed by atoms with Crippen molar-refractivity contribution in [2.24, 2.45) is 0 Å². The Balaban J connectivity index is 1.31. The smallest absolute Gasteiger partial charge is 0.236 e. The van der Waals surface area contributed by atoms with Crippen molar-refractivity contribution in [3.05, 3.63) is 59.8 Å². The lowest BCUT2D eigenvalue weighted by Crippen LogP contribution is -2.51. The Morgan fingerprint density at radius 1 is 1.07 bits per heavy atom. The molecule has 5 heteroatoms. The molecular weight excluding hydrogens is 336 g/mol. The molecule has 2 fully saturated rings. The number of amides is 1. The lowest BCUT2D eigenvalue weighted by atomic mass is 10.1. The topological polar surface area (TPSA) is 39.7 Å². The van der Waals surface area contributed by atoms with Crippen molar-refractivity contribution < 1.29 is 4.79 Å². The molecule has 0 spiro atoms. The molecule has 2 heterocycles. The van der Waals surface area contributed by atoms with Gasteiger partial charge in [0.2, 0.25) is 5.91 Å². The van der Waals surface area contributed by atoms with Crippen molar-refractivity contribution in [3.8, 4) is 0 Å². The summed E-state index contributed by atoms with van der Waals surface area (Å²) in [6.07, 6.45) is 4.25. The van der Waals surface area contributed by atoms with Crippen molar-refractivity contribution in [2.75, 3.05) is 37.6 Å². The highest BCUT2D eigenvalue weighted by Gasteiger charge is 2.32. The van der Waals surface area contributed by atoms with Gasteiger partial charge in [-0.2, -0.15) is 0 Å². The van der Waals surface area contributed by atoms with E-state index < -0.39 is 0 Å². The van der Waals surface area contributed by atoms with Gasteiger partial charge < -0.3 is 9.80 Å². The molecule has 0 atom stereocenters. The van der Waals surface area contributed by atoms with Gasteiger partial charge in [-0.05, 0) is 37.5 Å². The Hall–Kier alpha value is -2.40. The van der Waals surface area contributed by atoms with Gasteiger partial charge in [0, 0.05) is 45.0 Å². The summed E-state index contributed by atoms with van der Waals surface area (Å²) in [5.74, 6) is 1.26. The molecule has 1 aromatic heterocycles. The molecule has 0 radical (unpaired) electrons. The van der Waals surface area contributed by atoms with Crippen LogP contribution in [0.1, 0.15) is 24.0 Å². The average Bonchev–Trinajstić information content (AvgIpc) is 3.55. The maximum Gasteiger partial charge on any atom is 0.236 e. The minimum absolute atomic E-state index is 0.259. The van der Waals surface area contributed by atoms with Gasteiger partial charge in [-0.25, -0.2) is 4.98 Å². The molecule has 1 saturated heterocycles. The van der Waals surface area contributed by atoms with E-state index in [0.717, 1.165) is 38.5 Å². The number of piperazine rings is 1. The first-order valence-corrected chi connectivity index (χ1v) is 9.92. The Labute approximate surface area is 161 Å².